The first-order valence-electron chi connectivity index (χ1n) is 12.5. The fourth-order valence-corrected chi connectivity index (χ4v) is 7.62. The molecule has 184 valence electrons. The summed E-state index contributed by atoms with van der Waals surface area (Å²) in [4.78, 5) is 0. The zero-order valence-corrected chi connectivity index (χ0v) is 22.0. The topological polar surface area (TPSA) is 18.5 Å². The minimum absolute atomic E-state index is 0.0327. The number of ether oxygens (including phenoxy) is 2. The molecule has 2 nitrogen and oxygen atoms in total. The third-order valence-electron chi connectivity index (χ3n) is 6.62. The number of thioether (sulfide) groups is 2. The normalized spacial score (nSPS) is 23.8. The molecule has 0 N–H and O–H groups in total. The number of benzene rings is 4. The zero-order chi connectivity index (χ0) is 24.4. The number of rotatable bonds is 4. The first-order chi connectivity index (χ1) is 17.9. The average molecular weight is 513 g/mol. The van der Waals surface area contributed by atoms with Crippen molar-refractivity contribution in [3.05, 3.63) is 144 Å². The van der Waals surface area contributed by atoms with E-state index in [9.17, 15) is 0 Å². The van der Waals surface area contributed by atoms with Crippen molar-refractivity contribution < 1.29 is 9.47 Å². The van der Waals surface area contributed by atoms with E-state index in [4.69, 9.17) is 9.47 Å². The highest BCUT2D eigenvalue weighted by Gasteiger charge is 2.26. The molecule has 1 aliphatic rings. The number of hydrogen-bond acceptors (Lipinski definition) is 4. The van der Waals surface area contributed by atoms with E-state index in [1.54, 1.807) is 0 Å². The number of hydrogen-bond donors (Lipinski definition) is 0. The van der Waals surface area contributed by atoms with Gasteiger partial charge in [-0.05, 0) is 35.1 Å². The molecule has 0 aromatic heterocycles. The molecule has 5 rings (SSSR count). The summed E-state index contributed by atoms with van der Waals surface area (Å²) in [6, 6.07) is 42.8. The second kappa shape index (κ2) is 13.2. The Morgan fingerprint density at radius 3 is 1.14 bits per heavy atom. The average Bonchev–Trinajstić information content (AvgIpc) is 2.95. The van der Waals surface area contributed by atoms with Gasteiger partial charge in [0, 0.05) is 15.6 Å². The lowest BCUT2D eigenvalue weighted by molar-refractivity contribution is -0.124. The Balaban J connectivity index is 1.44. The molecule has 4 atom stereocenters. The van der Waals surface area contributed by atoms with Crippen molar-refractivity contribution in [2.75, 3.05) is 11.9 Å². The van der Waals surface area contributed by atoms with E-state index in [1.807, 2.05) is 23.5 Å². The highest BCUT2D eigenvalue weighted by Crippen LogP contribution is 2.45. The first-order valence-corrected chi connectivity index (χ1v) is 14.6. The standard InChI is InChI=1S/C32H32O2S2/c1-5-13-25(14-6-1)29-21-31(27-17-9-3-10-18-27)35-24-36-32(28-19-11-4-12-20-28)22-30(34-23-33-29)26-15-7-2-8-16-26/h1-20,29-32H,21-24H2/t29-,30-,31-,32-/m1/s1. The third kappa shape index (κ3) is 6.83. The van der Waals surface area contributed by atoms with Crippen molar-refractivity contribution >= 4 is 23.5 Å². The van der Waals surface area contributed by atoms with E-state index in [2.05, 4.69) is 121 Å². The van der Waals surface area contributed by atoms with E-state index in [-0.39, 0.29) is 19.0 Å². The van der Waals surface area contributed by atoms with Gasteiger partial charge >= 0.3 is 0 Å². The summed E-state index contributed by atoms with van der Waals surface area (Å²) in [5.74, 6) is 0. The Bertz CT molecular complexity index is 970. The van der Waals surface area contributed by atoms with E-state index in [1.165, 1.54) is 22.3 Å². The van der Waals surface area contributed by atoms with Crippen LogP contribution in [0, 0.1) is 0 Å². The summed E-state index contributed by atoms with van der Waals surface area (Å²) in [6.45, 7) is 0.261. The van der Waals surface area contributed by atoms with E-state index in [0.717, 1.165) is 17.9 Å². The molecular weight excluding hydrogens is 480 g/mol. The van der Waals surface area contributed by atoms with Crippen molar-refractivity contribution in [2.45, 2.75) is 35.5 Å². The summed E-state index contributed by atoms with van der Waals surface area (Å²) >= 11 is 4.05. The molecule has 4 heteroatoms. The molecular formula is C32H32O2S2. The van der Waals surface area contributed by atoms with Crippen LogP contribution in [0.5, 0.6) is 0 Å². The van der Waals surface area contributed by atoms with Crippen LogP contribution in [-0.4, -0.2) is 11.9 Å². The highest BCUT2D eigenvalue weighted by molar-refractivity contribution is 8.16. The maximum absolute atomic E-state index is 6.50. The Morgan fingerprint density at radius 1 is 0.444 bits per heavy atom. The van der Waals surface area contributed by atoms with Crippen molar-refractivity contribution in [3.63, 3.8) is 0 Å². The van der Waals surface area contributed by atoms with Gasteiger partial charge < -0.3 is 9.47 Å². The van der Waals surface area contributed by atoms with E-state index in [0.29, 0.717) is 10.5 Å². The van der Waals surface area contributed by atoms with Crippen LogP contribution in [0.4, 0.5) is 0 Å². The molecule has 0 radical (unpaired) electrons. The highest BCUT2D eigenvalue weighted by atomic mass is 32.2. The zero-order valence-electron chi connectivity index (χ0n) is 20.3. The molecule has 4 aromatic carbocycles. The minimum atomic E-state index is -0.0327. The van der Waals surface area contributed by atoms with Gasteiger partial charge in [0.15, 0.2) is 0 Å². The van der Waals surface area contributed by atoms with Gasteiger partial charge in [0.25, 0.3) is 0 Å². The molecule has 0 aliphatic carbocycles. The van der Waals surface area contributed by atoms with Crippen LogP contribution in [0.2, 0.25) is 0 Å². The lowest BCUT2D eigenvalue weighted by Gasteiger charge is -2.29. The molecule has 0 bridgehead atoms. The van der Waals surface area contributed by atoms with Crippen LogP contribution in [-0.2, 0) is 9.47 Å². The van der Waals surface area contributed by atoms with Crippen molar-refractivity contribution in [3.8, 4) is 0 Å². The van der Waals surface area contributed by atoms with Crippen LogP contribution in [0.15, 0.2) is 121 Å². The molecule has 1 saturated heterocycles. The molecule has 0 unspecified atom stereocenters. The van der Waals surface area contributed by atoms with E-state index < -0.39 is 0 Å². The van der Waals surface area contributed by atoms with Gasteiger partial charge in [-0.25, -0.2) is 0 Å². The quantitative estimate of drug-likeness (QED) is 0.271. The molecule has 0 saturated carbocycles. The minimum Gasteiger partial charge on any atom is -0.347 e. The summed E-state index contributed by atoms with van der Waals surface area (Å²) in [6.07, 6.45) is 1.73. The molecule has 36 heavy (non-hydrogen) atoms. The van der Waals surface area contributed by atoms with Crippen LogP contribution in [0.3, 0.4) is 0 Å². The van der Waals surface area contributed by atoms with E-state index >= 15 is 0 Å². The third-order valence-corrected chi connectivity index (χ3v) is 9.44. The van der Waals surface area contributed by atoms with Gasteiger partial charge in [0.05, 0.1) is 12.2 Å². The van der Waals surface area contributed by atoms with Crippen LogP contribution >= 0.6 is 23.5 Å². The van der Waals surface area contributed by atoms with Gasteiger partial charge in [-0.3, -0.25) is 0 Å². The molecule has 1 fully saturated rings. The largest absolute Gasteiger partial charge is 0.347 e. The molecule has 1 aliphatic heterocycles. The Hall–Kier alpha value is -2.50. The van der Waals surface area contributed by atoms with Gasteiger partial charge in [0.2, 0.25) is 0 Å². The molecule has 1 heterocycles. The van der Waals surface area contributed by atoms with Gasteiger partial charge in [-0.2, -0.15) is 0 Å². The lowest BCUT2D eigenvalue weighted by atomic mass is 10.0. The molecule has 0 amide bonds. The summed E-state index contributed by atoms with van der Waals surface area (Å²) in [7, 11) is 0. The fourth-order valence-electron chi connectivity index (χ4n) is 4.67. The smallest absolute Gasteiger partial charge is 0.148 e. The maximum atomic E-state index is 6.50. The van der Waals surface area contributed by atoms with Crippen molar-refractivity contribution in [1.29, 1.82) is 0 Å². The Kier molecular flexibility index (Phi) is 9.20. The fraction of sp³-hybridized carbons (Fsp3) is 0.250. The molecule has 4 aromatic rings. The Morgan fingerprint density at radius 2 is 0.778 bits per heavy atom. The lowest BCUT2D eigenvalue weighted by Crippen LogP contribution is -2.16. The second-order valence-corrected chi connectivity index (χ2v) is 11.7. The summed E-state index contributed by atoms with van der Waals surface area (Å²) in [5, 5.41) is 1.68. The molecule has 0 spiro atoms. The SMILES string of the molecule is c1ccc([C@H]2C[C@H](c3ccccc3)SCS[C@@H](c3ccccc3)C[C@H](c3ccccc3)OCO2)cc1. The van der Waals surface area contributed by atoms with Crippen LogP contribution in [0.25, 0.3) is 0 Å². The van der Waals surface area contributed by atoms with Crippen LogP contribution < -0.4 is 0 Å². The van der Waals surface area contributed by atoms with Crippen LogP contribution in [0.1, 0.15) is 57.8 Å². The van der Waals surface area contributed by atoms with Crippen molar-refractivity contribution in [1.82, 2.24) is 0 Å². The monoisotopic (exact) mass is 512 g/mol. The first kappa shape index (κ1) is 25.2. The predicted molar refractivity (Wildman–Crippen MR) is 153 cm³/mol. The second-order valence-electron chi connectivity index (χ2n) is 8.97. The Labute approximate surface area is 223 Å². The summed E-state index contributed by atoms with van der Waals surface area (Å²) < 4.78 is 13.0. The maximum Gasteiger partial charge on any atom is 0.148 e. The van der Waals surface area contributed by atoms with Gasteiger partial charge in [0.1, 0.15) is 6.79 Å². The predicted octanol–water partition coefficient (Wildman–Crippen LogP) is 9.16. The van der Waals surface area contributed by atoms with Gasteiger partial charge in [-0.1, -0.05) is 121 Å². The van der Waals surface area contributed by atoms with Gasteiger partial charge in [-0.15, -0.1) is 23.5 Å². The van der Waals surface area contributed by atoms with Crippen molar-refractivity contribution in [2.24, 2.45) is 0 Å². The summed E-state index contributed by atoms with van der Waals surface area (Å²) in [5.41, 5.74) is 5.10.